The van der Waals surface area contributed by atoms with E-state index in [0.29, 0.717) is 10.8 Å². The molecular weight excluding hydrogens is 276 g/mol. The largest absolute Gasteiger partial charge is 0.0654 e. The lowest BCUT2D eigenvalue weighted by molar-refractivity contribution is 0.167. The molecule has 0 aliphatic carbocycles. The molecule has 0 saturated heterocycles. The molecule has 139 valence electrons. The van der Waals surface area contributed by atoms with Gasteiger partial charge in [0, 0.05) is 0 Å². The summed E-state index contributed by atoms with van der Waals surface area (Å²) in [4.78, 5) is 0. The number of hydrogen-bond acceptors (Lipinski definition) is 0. The molecular formula is C23H47. The second-order valence-electron chi connectivity index (χ2n) is 9.68. The average molecular weight is 324 g/mol. The molecule has 0 aromatic carbocycles. The fraction of sp³-hybridized carbons (Fsp3) is 0.957. The van der Waals surface area contributed by atoms with Gasteiger partial charge in [0.2, 0.25) is 0 Å². The van der Waals surface area contributed by atoms with E-state index in [9.17, 15) is 0 Å². The van der Waals surface area contributed by atoms with Gasteiger partial charge in [-0.15, -0.1) is 0 Å². The lowest BCUT2D eigenvalue weighted by atomic mass is 9.62. The molecule has 0 amide bonds. The molecule has 0 saturated carbocycles. The van der Waals surface area contributed by atoms with Crippen LogP contribution >= 0.6 is 0 Å². The maximum absolute atomic E-state index is 2.51. The summed E-state index contributed by atoms with van der Waals surface area (Å²) in [7, 11) is 0. The standard InChI is InChI=1S/C23H47/c1-10-13-14-15-17-21(22(5,6)7)20(19(4)16-11-2)18-23(8,9)12-3/h19-20H,10-18H2,1-9H3. The van der Waals surface area contributed by atoms with Crippen LogP contribution in [-0.4, -0.2) is 0 Å². The van der Waals surface area contributed by atoms with Gasteiger partial charge < -0.3 is 0 Å². The van der Waals surface area contributed by atoms with E-state index in [0.717, 1.165) is 11.8 Å². The molecule has 0 bridgehead atoms. The Bertz CT molecular complexity index is 281. The maximum atomic E-state index is 2.51. The topological polar surface area (TPSA) is 0 Å². The minimum absolute atomic E-state index is 0.350. The van der Waals surface area contributed by atoms with Gasteiger partial charge in [-0.3, -0.25) is 0 Å². The van der Waals surface area contributed by atoms with Gasteiger partial charge in [-0.2, -0.15) is 0 Å². The molecule has 0 aliphatic heterocycles. The van der Waals surface area contributed by atoms with Gasteiger partial charge in [-0.1, -0.05) is 107 Å². The van der Waals surface area contributed by atoms with Gasteiger partial charge in [0.25, 0.3) is 0 Å². The van der Waals surface area contributed by atoms with Gasteiger partial charge in [0.15, 0.2) is 0 Å². The molecule has 2 atom stereocenters. The van der Waals surface area contributed by atoms with Gasteiger partial charge in [-0.25, -0.2) is 0 Å². The highest BCUT2D eigenvalue weighted by molar-refractivity contribution is 5.07. The Labute approximate surface area is 149 Å². The molecule has 0 aromatic heterocycles. The van der Waals surface area contributed by atoms with Gasteiger partial charge >= 0.3 is 0 Å². The van der Waals surface area contributed by atoms with E-state index in [-0.39, 0.29) is 0 Å². The van der Waals surface area contributed by atoms with E-state index in [1.807, 2.05) is 5.92 Å². The molecule has 0 spiro atoms. The zero-order chi connectivity index (χ0) is 18.1. The second-order valence-corrected chi connectivity index (χ2v) is 9.68. The molecule has 1 radical (unpaired) electrons. The van der Waals surface area contributed by atoms with Crippen molar-refractivity contribution in [3.63, 3.8) is 0 Å². The first-order valence-corrected chi connectivity index (χ1v) is 10.4. The summed E-state index contributed by atoms with van der Waals surface area (Å²) in [5.41, 5.74) is 0.815. The van der Waals surface area contributed by atoms with Crippen molar-refractivity contribution in [3.8, 4) is 0 Å². The Morgan fingerprint density at radius 3 is 1.87 bits per heavy atom. The third-order valence-corrected chi connectivity index (χ3v) is 5.87. The van der Waals surface area contributed by atoms with Crippen LogP contribution in [0.4, 0.5) is 0 Å². The minimum atomic E-state index is 0.350. The molecule has 0 rings (SSSR count). The van der Waals surface area contributed by atoms with Crippen LogP contribution in [0.5, 0.6) is 0 Å². The monoisotopic (exact) mass is 323 g/mol. The summed E-state index contributed by atoms with van der Waals surface area (Å²) < 4.78 is 0. The van der Waals surface area contributed by atoms with E-state index < -0.39 is 0 Å². The molecule has 0 heteroatoms. The lowest BCUT2D eigenvalue weighted by Gasteiger charge is -2.43. The predicted molar refractivity (Wildman–Crippen MR) is 108 cm³/mol. The van der Waals surface area contributed by atoms with Crippen molar-refractivity contribution in [3.05, 3.63) is 5.92 Å². The van der Waals surface area contributed by atoms with Crippen LogP contribution < -0.4 is 0 Å². The summed E-state index contributed by atoms with van der Waals surface area (Å²) in [5, 5.41) is 0. The third-order valence-electron chi connectivity index (χ3n) is 5.87. The Kier molecular flexibility index (Phi) is 10.8. The zero-order valence-corrected chi connectivity index (χ0v) is 18.0. The Hall–Kier alpha value is 0. The quantitative estimate of drug-likeness (QED) is 0.316. The molecule has 0 heterocycles. The molecule has 2 unspecified atom stereocenters. The van der Waals surface area contributed by atoms with Gasteiger partial charge in [0.1, 0.15) is 0 Å². The fourth-order valence-corrected chi connectivity index (χ4v) is 3.92. The first kappa shape index (κ1) is 23.0. The number of rotatable bonds is 12. The molecule has 23 heavy (non-hydrogen) atoms. The van der Waals surface area contributed by atoms with Crippen molar-refractivity contribution < 1.29 is 0 Å². The first-order chi connectivity index (χ1) is 10.6. The summed E-state index contributed by atoms with van der Waals surface area (Å²) in [6.45, 7) is 21.8. The van der Waals surface area contributed by atoms with Crippen molar-refractivity contribution in [2.24, 2.45) is 22.7 Å². The lowest BCUT2D eigenvalue weighted by Crippen LogP contribution is -2.33. The smallest absolute Gasteiger partial charge is 0.0154 e. The highest BCUT2D eigenvalue weighted by atomic mass is 14.4. The predicted octanol–water partition coefficient (Wildman–Crippen LogP) is 8.46. The highest BCUT2D eigenvalue weighted by Crippen LogP contribution is 2.47. The summed E-state index contributed by atoms with van der Waals surface area (Å²) in [6, 6.07) is 0. The number of hydrogen-bond donors (Lipinski definition) is 0. The van der Waals surface area contributed by atoms with E-state index in [2.05, 4.69) is 62.3 Å². The van der Waals surface area contributed by atoms with Crippen LogP contribution in [0, 0.1) is 28.6 Å². The van der Waals surface area contributed by atoms with Crippen LogP contribution in [0.15, 0.2) is 0 Å². The first-order valence-electron chi connectivity index (χ1n) is 10.4. The van der Waals surface area contributed by atoms with E-state index in [1.54, 1.807) is 0 Å². The van der Waals surface area contributed by atoms with Crippen molar-refractivity contribution >= 4 is 0 Å². The van der Waals surface area contributed by atoms with Crippen LogP contribution in [0.25, 0.3) is 0 Å². The van der Waals surface area contributed by atoms with Crippen molar-refractivity contribution in [2.75, 3.05) is 0 Å². The molecule has 0 fully saturated rings. The van der Waals surface area contributed by atoms with Crippen LogP contribution in [0.3, 0.4) is 0 Å². The molecule has 0 N–H and O–H groups in total. The molecule has 0 nitrogen and oxygen atoms in total. The van der Waals surface area contributed by atoms with E-state index >= 15 is 0 Å². The van der Waals surface area contributed by atoms with Crippen LogP contribution in [-0.2, 0) is 0 Å². The van der Waals surface area contributed by atoms with Crippen molar-refractivity contribution in [1.82, 2.24) is 0 Å². The second kappa shape index (κ2) is 10.8. The number of unbranched alkanes of at least 4 members (excludes halogenated alkanes) is 3. The van der Waals surface area contributed by atoms with Gasteiger partial charge in [0.05, 0.1) is 0 Å². The Morgan fingerprint density at radius 2 is 1.43 bits per heavy atom. The minimum Gasteiger partial charge on any atom is -0.0654 e. The Morgan fingerprint density at radius 1 is 0.826 bits per heavy atom. The summed E-state index contributed by atoms with van der Waals surface area (Å²) in [6.07, 6.45) is 12.2. The normalized spacial score (nSPS) is 15.9. The Balaban J connectivity index is 5.19. The van der Waals surface area contributed by atoms with E-state index in [4.69, 9.17) is 0 Å². The zero-order valence-electron chi connectivity index (χ0n) is 18.0. The van der Waals surface area contributed by atoms with Crippen LogP contribution in [0.2, 0.25) is 0 Å². The van der Waals surface area contributed by atoms with Gasteiger partial charge in [-0.05, 0) is 41.4 Å². The summed E-state index contributed by atoms with van der Waals surface area (Å²) in [5.74, 6) is 3.48. The summed E-state index contributed by atoms with van der Waals surface area (Å²) >= 11 is 0. The molecule has 0 aromatic rings. The maximum Gasteiger partial charge on any atom is -0.0154 e. The SMILES string of the molecule is CCCCCC[C](C(CC(C)(C)CC)C(C)CCC)C(C)(C)C. The van der Waals surface area contributed by atoms with E-state index in [1.165, 1.54) is 57.8 Å². The van der Waals surface area contributed by atoms with Crippen LogP contribution in [0.1, 0.15) is 120 Å². The average Bonchev–Trinajstić information content (AvgIpc) is 2.44. The third kappa shape index (κ3) is 9.16. The van der Waals surface area contributed by atoms with Crippen molar-refractivity contribution in [1.29, 1.82) is 0 Å². The fourth-order valence-electron chi connectivity index (χ4n) is 3.92. The highest BCUT2D eigenvalue weighted by Gasteiger charge is 2.37. The molecule has 0 aliphatic rings. The van der Waals surface area contributed by atoms with Crippen molar-refractivity contribution in [2.45, 2.75) is 120 Å².